The van der Waals surface area contributed by atoms with Crippen LogP contribution in [0, 0.1) is 0 Å². The SMILES string of the molecule is CC1CN(S(=O)(=O)c2cccc(C(=O)CNc3ccc(S(=O)(=O)N(C)c4ccccc4)cc3)c2)CC(C)O1. The van der Waals surface area contributed by atoms with Gasteiger partial charge in [-0.25, -0.2) is 16.8 Å². The lowest BCUT2D eigenvalue weighted by Gasteiger charge is -2.34. The van der Waals surface area contributed by atoms with Crippen molar-refractivity contribution in [3.63, 3.8) is 0 Å². The van der Waals surface area contributed by atoms with Gasteiger partial charge < -0.3 is 10.1 Å². The fourth-order valence-corrected chi connectivity index (χ4v) is 7.10. The van der Waals surface area contributed by atoms with Crippen LogP contribution in [-0.2, 0) is 24.8 Å². The molecule has 0 amide bonds. The third-order valence-electron chi connectivity index (χ3n) is 6.27. The van der Waals surface area contributed by atoms with Gasteiger partial charge in [-0.3, -0.25) is 9.10 Å². The van der Waals surface area contributed by atoms with Crippen LogP contribution >= 0.6 is 0 Å². The average Bonchev–Trinajstić information content (AvgIpc) is 2.91. The molecule has 1 saturated heterocycles. The van der Waals surface area contributed by atoms with Crippen LogP contribution in [0.2, 0.25) is 0 Å². The highest BCUT2D eigenvalue weighted by atomic mass is 32.2. The van der Waals surface area contributed by atoms with Gasteiger partial charge in [-0.1, -0.05) is 30.3 Å². The number of carbonyl (C=O) groups excluding carboxylic acids is 1. The van der Waals surface area contributed by atoms with E-state index in [1.165, 1.54) is 39.9 Å². The van der Waals surface area contributed by atoms with Gasteiger partial charge in [-0.15, -0.1) is 0 Å². The highest BCUT2D eigenvalue weighted by Gasteiger charge is 2.32. The van der Waals surface area contributed by atoms with E-state index in [4.69, 9.17) is 4.74 Å². The van der Waals surface area contributed by atoms with E-state index in [0.29, 0.717) is 11.4 Å². The fraction of sp³-hybridized carbons (Fsp3) is 0.296. The van der Waals surface area contributed by atoms with Crippen molar-refractivity contribution in [1.82, 2.24) is 4.31 Å². The Morgan fingerprint density at radius 3 is 2.16 bits per heavy atom. The predicted molar refractivity (Wildman–Crippen MR) is 147 cm³/mol. The molecule has 0 aromatic heterocycles. The van der Waals surface area contributed by atoms with Crippen LogP contribution in [0.1, 0.15) is 24.2 Å². The summed E-state index contributed by atoms with van der Waals surface area (Å²) in [7, 11) is -6.04. The average molecular weight is 558 g/mol. The summed E-state index contributed by atoms with van der Waals surface area (Å²) in [5, 5.41) is 2.98. The van der Waals surface area contributed by atoms with Gasteiger partial charge in [-0.05, 0) is 62.4 Å². The number of benzene rings is 3. The number of anilines is 2. The molecule has 11 heteroatoms. The first kappa shape index (κ1) is 27.8. The number of ether oxygens (including phenoxy) is 1. The van der Waals surface area contributed by atoms with Crippen molar-refractivity contribution in [2.75, 3.05) is 36.3 Å². The van der Waals surface area contributed by atoms with E-state index in [1.54, 1.807) is 48.5 Å². The van der Waals surface area contributed by atoms with E-state index >= 15 is 0 Å². The number of Topliss-reactive ketones (excluding diaryl/α,β-unsaturated/α-hetero) is 1. The molecule has 38 heavy (non-hydrogen) atoms. The lowest BCUT2D eigenvalue weighted by atomic mass is 10.1. The molecule has 9 nitrogen and oxygen atoms in total. The second-order valence-electron chi connectivity index (χ2n) is 9.22. The Hall–Kier alpha value is -3.25. The minimum atomic E-state index is -3.78. The maximum absolute atomic E-state index is 13.2. The molecule has 1 fully saturated rings. The maximum Gasteiger partial charge on any atom is 0.264 e. The summed E-state index contributed by atoms with van der Waals surface area (Å²) in [5.41, 5.74) is 1.36. The fourth-order valence-electron chi connectivity index (χ4n) is 4.27. The van der Waals surface area contributed by atoms with Crippen LogP contribution in [0.25, 0.3) is 0 Å². The minimum Gasteiger partial charge on any atom is -0.378 e. The topological polar surface area (TPSA) is 113 Å². The van der Waals surface area contributed by atoms with E-state index in [-0.39, 0.29) is 53.0 Å². The quantitative estimate of drug-likeness (QED) is 0.400. The molecule has 2 atom stereocenters. The molecule has 3 aromatic rings. The van der Waals surface area contributed by atoms with E-state index in [9.17, 15) is 21.6 Å². The zero-order valence-corrected chi connectivity index (χ0v) is 23.1. The van der Waals surface area contributed by atoms with E-state index in [0.717, 1.165) is 0 Å². The van der Waals surface area contributed by atoms with Gasteiger partial charge in [0.2, 0.25) is 10.0 Å². The number of hydrogen-bond donors (Lipinski definition) is 1. The van der Waals surface area contributed by atoms with Gasteiger partial charge in [0, 0.05) is 31.4 Å². The Labute approximate surface area is 224 Å². The molecule has 1 N–H and O–H groups in total. The van der Waals surface area contributed by atoms with E-state index in [1.807, 2.05) is 19.9 Å². The van der Waals surface area contributed by atoms with Crippen LogP contribution in [0.15, 0.2) is 88.7 Å². The van der Waals surface area contributed by atoms with Crippen molar-refractivity contribution >= 4 is 37.2 Å². The third kappa shape index (κ3) is 6.07. The number of carbonyl (C=O) groups is 1. The molecule has 0 aliphatic carbocycles. The minimum absolute atomic E-state index is 0.0572. The zero-order valence-electron chi connectivity index (χ0n) is 21.4. The maximum atomic E-state index is 13.2. The molecule has 2 unspecified atom stereocenters. The monoisotopic (exact) mass is 557 g/mol. The Bertz CT molecular complexity index is 1480. The normalized spacial score (nSPS) is 18.6. The Morgan fingerprint density at radius 2 is 1.53 bits per heavy atom. The van der Waals surface area contributed by atoms with Gasteiger partial charge in [-0.2, -0.15) is 4.31 Å². The van der Waals surface area contributed by atoms with Crippen molar-refractivity contribution in [1.29, 1.82) is 0 Å². The summed E-state index contributed by atoms with van der Waals surface area (Å²) < 4.78 is 60.5. The molecule has 1 aliphatic rings. The van der Waals surface area contributed by atoms with Crippen LogP contribution in [0.5, 0.6) is 0 Å². The third-order valence-corrected chi connectivity index (χ3v) is 9.89. The molecular formula is C27H31N3O6S2. The molecule has 0 spiro atoms. The van der Waals surface area contributed by atoms with Gasteiger partial charge >= 0.3 is 0 Å². The predicted octanol–water partition coefficient (Wildman–Crippen LogP) is 3.60. The van der Waals surface area contributed by atoms with Gasteiger partial charge in [0.25, 0.3) is 10.0 Å². The summed E-state index contributed by atoms with van der Waals surface area (Å²) >= 11 is 0. The number of sulfonamides is 2. The Balaban J connectivity index is 1.42. The first-order valence-corrected chi connectivity index (χ1v) is 15.0. The Morgan fingerprint density at radius 1 is 0.895 bits per heavy atom. The largest absolute Gasteiger partial charge is 0.378 e. The van der Waals surface area contributed by atoms with Crippen LogP contribution in [0.3, 0.4) is 0 Å². The van der Waals surface area contributed by atoms with Crippen LogP contribution in [0.4, 0.5) is 11.4 Å². The molecule has 0 bridgehead atoms. The zero-order chi connectivity index (χ0) is 27.5. The lowest BCUT2D eigenvalue weighted by molar-refractivity contribution is -0.0440. The molecule has 4 rings (SSSR count). The second-order valence-corrected chi connectivity index (χ2v) is 13.1. The number of nitrogens with zero attached hydrogens (tertiary/aromatic N) is 2. The van der Waals surface area contributed by atoms with Crippen molar-refractivity contribution in [3.8, 4) is 0 Å². The summed E-state index contributed by atoms with van der Waals surface area (Å²) in [6, 6.07) is 20.9. The number of para-hydroxylation sites is 1. The van der Waals surface area contributed by atoms with Crippen molar-refractivity contribution in [2.24, 2.45) is 0 Å². The van der Waals surface area contributed by atoms with E-state index < -0.39 is 20.0 Å². The number of rotatable bonds is 9. The smallest absolute Gasteiger partial charge is 0.264 e. The molecule has 0 radical (unpaired) electrons. The van der Waals surface area contributed by atoms with Crippen molar-refractivity contribution < 1.29 is 26.4 Å². The van der Waals surface area contributed by atoms with Crippen molar-refractivity contribution in [3.05, 3.63) is 84.4 Å². The number of morpholine rings is 1. The van der Waals surface area contributed by atoms with Gasteiger partial charge in [0.15, 0.2) is 5.78 Å². The summed E-state index contributed by atoms with van der Waals surface area (Å²) in [4.78, 5) is 13.0. The first-order valence-electron chi connectivity index (χ1n) is 12.2. The number of nitrogens with one attached hydrogen (secondary N) is 1. The lowest BCUT2D eigenvalue weighted by Crippen LogP contribution is -2.48. The van der Waals surface area contributed by atoms with Crippen LogP contribution < -0.4 is 9.62 Å². The molecule has 1 heterocycles. The van der Waals surface area contributed by atoms with Gasteiger partial charge in [0.05, 0.1) is 34.2 Å². The molecule has 0 saturated carbocycles. The standard InChI is InChI=1S/C27H31N3O6S2/c1-20-18-30(19-21(2)36-20)38(34,35)26-11-7-8-22(16-26)27(31)17-28-23-12-14-25(15-13-23)37(32,33)29(3)24-9-5-4-6-10-24/h4-16,20-21,28H,17-19H2,1-3H3. The highest BCUT2D eigenvalue weighted by Crippen LogP contribution is 2.24. The summed E-state index contributed by atoms with van der Waals surface area (Å²) in [5.74, 6) is -0.300. The molecule has 202 valence electrons. The van der Waals surface area contributed by atoms with E-state index in [2.05, 4.69) is 5.32 Å². The molecule has 1 aliphatic heterocycles. The first-order chi connectivity index (χ1) is 18.0. The highest BCUT2D eigenvalue weighted by molar-refractivity contribution is 7.92. The summed E-state index contributed by atoms with van der Waals surface area (Å²) in [6.45, 7) is 4.06. The molecule has 3 aromatic carbocycles. The van der Waals surface area contributed by atoms with Crippen molar-refractivity contribution in [2.45, 2.75) is 35.8 Å². The molecular weight excluding hydrogens is 526 g/mol. The Kier molecular flexibility index (Phi) is 8.22. The number of ketones is 1. The number of hydrogen-bond acceptors (Lipinski definition) is 7. The summed E-state index contributed by atoms with van der Waals surface area (Å²) in [6.07, 6.45) is -0.440. The second kappa shape index (κ2) is 11.2. The van der Waals surface area contributed by atoms with Crippen LogP contribution in [-0.4, -0.2) is 65.8 Å². The van der Waals surface area contributed by atoms with Gasteiger partial charge in [0.1, 0.15) is 0 Å².